The standard InChI is InChI=1S/C22H23N3OS/c1-26-19-11-7-16(8-12-19)15-27-22-24-14-18(25-22)10-9-17-4-2-6-21-20(17)5-3-13-23-21/h2-8,11-13,18H,9-10,14-15H2,1H3,(H,24,25). The quantitative estimate of drug-likeness (QED) is 0.690. The Kier molecular flexibility index (Phi) is 5.58. The van der Waals surface area contributed by atoms with Crippen molar-refractivity contribution in [3.63, 3.8) is 0 Å². The molecule has 3 aromatic rings. The number of aryl methyl sites for hydroxylation is 1. The van der Waals surface area contributed by atoms with Crippen LogP contribution in [0.1, 0.15) is 17.5 Å². The average molecular weight is 378 g/mol. The number of pyridine rings is 1. The molecule has 2 aromatic carbocycles. The summed E-state index contributed by atoms with van der Waals surface area (Å²) >= 11 is 1.77. The van der Waals surface area contributed by atoms with Crippen molar-refractivity contribution in [3.05, 3.63) is 71.9 Å². The van der Waals surface area contributed by atoms with Crippen molar-refractivity contribution in [2.24, 2.45) is 4.99 Å². The highest BCUT2D eigenvalue weighted by atomic mass is 32.2. The Morgan fingerprint density at radius 3 is 2.85 bits per heavy atom. The first-order valence-electron chi connectivity index (χ1n) is 9.21. The van der Waals surface area contributed by atoms with Gasteiger partial charge in [0.25, 0.3) is 0 Å². The third kappa shape index (κ3) is 4.42. The van der Waals surface area contributed by atoms with Crippen LogP contribution >= 0.6 is 11.8 Å². The number of fused-ring (bicyclic) bond motifs is 1. The van der Waals surface area contributed by atoms with E-state index in [4.69, 9.17) is 4.74 Å². The van der Waals surface area contributed by atoms with Gasteiger partial charge in [0.2, 0.25) is 0 Å². The van der Waals surface area contributed by atoms with Gasteiger partial charge in [0, 0.05) is 23.4 Å². The monoisotopic (exact) mass is 377 g/mol. The van der Waals surface area contributed by atoms with E-state index in [1.165, 1.54) is 16.5 Å². The van der Waals surface area contributed by atoms with Gasteiger partial charge in [0.05, 0.1) is 19.2 Å². The number of benzene rings is 2. The lowest BCUT2D eigenvalue weighted by atomic mass is 10.0. The summed E-state index contributed by atoms with van der Waals surface area (Å²) in [6.45, 7) is 0.855. The predicted octanol–water partition coefficient (Wildman–Crippen LogP) is 4.44. The highest BCUT2D eigenvalue weighted by Gasteiger charge is 2.18. The first-order chi connectivity index (χ1) is 13.3. The summed E-state index contributed by atoms with van der Waals surface area (Å²) < 4.78 is 5.20. The van der Waals surface area contributed by atoms with Crippen molar-refractivity contribution in [2.75, 3.05) is 13.7 Å². The third-order valence-electron chi connectivity index (χ3n) is 4.82. The van der Waals surface area contributed by atoms with Gasteiger partial charge in [-0.15, -0.1) is 0 Å². The van der Waals surface area contributed by atoms with E-state index in [1.807, 2.05) is 24.4 Å². The van der Waals surface area contributed by atoms with Crippen molar-refractivity contribution in [3.8, 4) is 5.75 Å². The summed E-state index contributed by atoms with van der Waals surface area (Å²) in [4.78, 5) is 9.12. The molecule has 0 amide bonds. The Morgan fingerprint density at radius 1 is 1.11 bits per heavy atom. The molecule has 1 N–H and O–H groups in total. The van der Waals surface area contributed by atoms with Crippen LogP contribution in [-0.4, -0.2) is 29.8 Å². The van der Waals surface area contributed by atoms with Gasteiger partial charge in [-0.05, 0) is 48.2 Å². The molecule has 1 unspecified atom stereocenters. The van der Waals surface area contributed by atoms with Gasteiger partial charge in [0.1, 0.15) is 5.75 Å². The van der Waals surface area contributed by atoms with E-state index < -0.39 is 0 Å². The van der Waals surface area contributed by atoms with Gasteiger partial charge in [0.15, 0.2) is 5.17 Å². The minimum Gasteiger partial charge on any atom is -0.497 e. The molecule has 0 saturated heterocycles. The number of aliphatic imine (C=N–C) groups is 1. The summed E-state index contributed by atoms with van der Waals surface area (Å²) in [7, 11) is 1.69. The molecule has 4 rings (SSSR count). The van der Waals surface area contributed by atoms with Crippen LogP contribution < -0.4 is 10.1 Å². The highest BCUT2D eigenvalue weighted by Crippen LogP contribution is 2.21. The molecular formula is C22H23N3OS. The Labute approximate surface area is 164 Å². The average Bonchev–Trinajstić information content (AvgIpc) is 3.19. The highest BCUT2D eigenvalue weighted by molar-refractivity contribution is 8.13. The van der Waals surface area contributed by atoms with E-state index in [0.717, 1.165) is 41.6 Å². The second kappa shape index (κ2) is 8.44. The van der Waals surface area contributed by atoms with Gasteiger partial charge in [-0.1, -0.05) is 42.1 Å². The van der Waals surface area contributed by atoms with Gasteiger partial charge in [-0.3, -0.25) is 9.98 Å². The summed E-state index contributed by atoms with van der Waals surface area (Å²) in [6.07, 6.45) is 3.96. The van der Waals surface area contributed by atoms with E-state index in [2.05, 4.69) is 51.7 Å². The number of methoxy groups -OCH3 is 1. The summed E-state index contributed by atoms with van der Waals surface area (Å²) in [5.74, 6) is 1.81. The van der Waals surface area contributed by atoms with Crippen molar-refractivity contribution >= 4 is 27.8 Å². The van der Waals surface area contributed by atoms with Crippen LogP contribution in [-0.2, 0) is 12.2 Å². The fraction of sp³-hybridized carbons (Fsp3) is 0.273. The normalized spacial score (nSPS) is 16.2. The molecule has 1 aromatic heterocycles. The molecule has 5 heteroatoms. The number of thioether (sulfide) groups is 1. The SMILES string of the molecule is COc1ccc(CSC2=NCC(CCc3cccc4ncccc34)N2)cc1. The van der Waals surface area contributed by atoms with Crippen LogP contribution in [0.4, 0.5) is 0 Å². The second-order valence-electron chi connectivity index (χ2n) is 6.65. The Morgan fingerprint density at radius 2 is 2.00 bits per heavy atom. The van der Waals surface area contributed by atoms with Crippen LogP contribution in [0.25, 0.3) is 10.9 Å². The molecule has 0 aliphatic carbocycles. The molecule has 0 radical (unpaired) electrons. The molecule has 0 spiro atoms. The number of nitrogens with one attached hydrogen (secondary N) is 1. The lowest BCUT2D eigenvalue weighted by molar-refractivity contribution is 0.414. The maximum absolute atomic E-state index is 5.20. The minimum atomic E-state index is 0.412. The first-order valence-corrected chi connectivity index (χ1v) is 10.2. The van der Waals surface area contributed by atoms with Gasteiger partial charge in [-0.25, -0.2) is 0 Å². The Bertz CT molecular complexity index is 934. The molecule has 2 heterocycles. The molecule has 4 nitrogen and oxygen atoms in total. The van der Waals surface area contributed by atoms with Gasteiger partial charge in [-0.2, -0.15) is 0 Å². The molecular weight excluding hydrogens is 354 g/mol. The van der Waals surface area contributed by atoms with Crippen molar-refractivity contribution in [1.82, 2.24) is 10.3 Å². The zero-order valence-electron chi connectivity index (χ0n) is 15.4. The van der Waals surface area contributed by atoms with E-state index in [-0.39, 0.29) is 0 Å². The number of aromatic nitrogens is 1. The van der Waals surface area contributed by atoms with Crippen LogP contribution in [0, 0.1) is 0 Å². The number of hydrogen-bond acceptors (Lipinski definition) is 5. The summed E-state index contributed by atoms with van der Waals surface area (Å²) in [6, 6.07) is 19.2. The lowest BCUT2D eigenvalue weighted by Crippen LogP contribution is -2.29. The van der Waals surface area contributed by atoms with Crippen LogP contribution in [0.15, 0.2) is 65.8 Å². The maximum Gasteiger partial charge on any atom is 0.157 e. The van der Waals surface area contributed by atoms with Crippen LogP contribution in [0.5, 0.6) is 5.75 Å². The molecule has 1 aliphatic heterocycles. The third-order valence-corrected chi connectivity index (χ3v) is 5.81. The lowest BCUT2D eigenvalue weighted by Gasteiger charge is -2.12. The topological polar surface area (TPSA) is 46.5 Å². The largest absolute Gasteiger partial charge is 0.497 e. The number of amidine groups is 1. The maximum atomic E-state index is 5.20. The fourth-order valence-electron chi connectivity index (χ4n) is 3.30. The number of hydrogen-bond donors (Lipinski definition) is 1. The van der Waals surface area contributed by atoms with Crippen LogP contribution in [0.2, 0.25) is 0 Å². The van der Waals surface area contributed by atoms with Gasteiger partial charge < -0.3 is 10.1 Å². The van der Waals surface area contributed by atoms with E-state index >= 15 is 0 Å². The molecule has 0 bridgehead atoms. The first kappa shape index (κ1) is 17.9. The van der Waals surface area contributed by atoms with E-state index in [9.17, 15) is 0 Å². The smallest absolute Gasteiger partial charge is 0.157 e. The van der Waals surface area contributed by atoms with Crippen molar-refractivity contribution < 1.29 is 4.74 Å². The molecule has 1 atom stereocenters. The fourth-order valence-corrected chi connectivity index (χ4v) is 4.21. The number of nitrogens with zero attached hydrogens (tertiary/aromatic N) is 2. The van der Waals surface area contributed by atoms with Crippen LogP contribution in [0.3, 0.4) is 0 Å². The molecule has 1 aliphatic rings. The van der Waals surface area contributed by atoms with Crippen molar-refractivity contribution in [2.45, 2.75) is 24.6 Å². The van der Waals surface area contributed by atoms with E-state index in [1.54, 1.807) is 18.9 Å². The molecule has 0 fully saturated rings. The zero-order valence-corrected chi connectivity index (χ0v) is 16.2. The van der Waals surface area contributed by atoms with Crippen molar-refractivity contribution in [1.29, 1.82) is 0 Å². The summed E-state index contributed by atoms with van der Waals surface area (Å²) in [5, 5.41) is 5.88. The molecule has 0 saturated carbocycles. The number of rotatable bonds is 6. The number of ether oxygens (including phenoxy) is 1. The Balaban J connectivity index is 1.27. The van der Waals surface area contributed by atoms with E-state index in [0.29, 0.717) is 6.04 Å². The zero-order chi connectivity index (χ0) is 18.5. The minimum absolute atomic E-state index is 0.412. The van der Waals surface area contributed by atoms with Gasteiger partial charge >= 0.3 is 0 Å². The molecule has 138 valence electrons. The second-order valence-corrected chi connectivity index (χ2v) is 7.61. The molecule has 27 heavy (non-hydrogen) atoms. The summed E-state index contributed by atoms with van der Waals surface area (Å²) in [5.41, 5.74) is 3.71. The predicted molar refractivity (Wildman–Crippen MR) is 114 cm³/mol. The Hall–Kier alpha value is -2.53.